The van der Waals surface area contributed by atoms with Crippen molar-refractivity contribution < 1.29 is 17.3 Å². The number of rotatable bonds is 2. The fourth-order valence-corrected chi connectivity index (χ4v) is 4.71. The summed E-state index contributed by atoms with van der Waals surface area (Å²) in [4.78, 5) is 0. The van der Waals surface area contributed by atoms with Gasteiger partial charge in [-0.2, -0.15) is 0 Å². The van der Waals surface area contributed by atoms with Gasteiger partial charge < -0.3 is 17.3 Å². The van der Waals surface area contributed by atoms with Crippen molar-refractivity contribution in [3.63, 3.8) is 0 Å². The number of halogens is 4. The van der Waals surface area contributed by atoms with Gasteiger partial charge in [-0.15, -0.1) is 0 Å². The molecule has 0 bridgehead atoms. The summed E-state index contributed by atoms with van der Waals surface area (Å²) in [6, 6.07) is 26.1. The minimum absolute atomic E-state index is 0.377. The Hall–Kier alpha value is -1.91. The quantitative estimate of drug-likeness (QED) is 0.370. The molecule has 6 heteroatoms. The Morgan fingerprint density at radius 3 is 1.33 bits per heavy atom. The van der Waals surface area contributed by atoms with Crippen LogP contribution in [-0.4, -0.2) is 21.8 Å². The van der Waals surface area contributed by atoms with E-state index in [1.54, 1.807) is 0 Å². The monoisotopic (exact) mass is 398 g/mol. The summed E-state index contributed by atoms with van der Waals surface area (Å²) in [6.45, 7) is 2.18. The second-order valence-electron chi connectivity index (χ2n) is 5.09. The molecule has 1 aromatic heterocycles. The molecular formula is C18H15BF4Se. The molecule has 3 aromatic rings. The van der Waals surface area contributed by atoms with E-state index in [4.69, 9.17) is 0 Å². The van der Waals surface area contributed by atoms with E-state index in [2.05, 4.69) is 79.7 Å². The Kier molecular flexibility index (Phi) is 6.35. The van der Waals surface area contributed by atoms with Crippen LogP contribution in [0.3, 0.4) is 0 Å². The van der Waals surface area contributed by atoms with Crippen LogP contribution >= 0.6 is 0 Å². The summed E-state index contributed by atoms with van der Waals surface area (Å²) in [5.41, 5.74) is 4.04. The molecule has 0 spiro atoms. The Bertz CT molecular complexity index is 710. The zero-order chi connectivity index (χ0) is 17.6. The van der Waals surface area contributed by atoms with Crippen molar-refractivity contribution in [3.8, 4) is 20.0 Å². The van der Waals surface area contributed by atoms with E-state index in [0.717, 1.165) is 0 Å². The van der Waals surface area contributed by atoms with Gasteiger partial charge in [-0.25, -0.2) is 0 Å². The van der Waals surface area contributed by atoms with Gasteiger partial charge in [-0.05, 0) is 0 Å². The first-order chi connectivity index (χ1) is 11.3. The van der Waals surface area contributed by atoms with Crippen LogP contribution in [0.15, 0.2) is 72.8 Å². The van der Waals surface area contributed by atoms with Gasteiger partial charge in [0, 0.05) is 0 Å². The first-order valence-corrected chi connectivity index (χ1v) is 8.97. The van der Waals surface area contributed by atoms with E-state index in [1.165, 1.54) is 25.6 Å². The van der Waals surface area contributed by atoms with E-state index in [-0.39, 0.29) is 0 Å². The van der Waals surface area contributed by atoms with Crippen molar-refractivity contribution in [2.75, 3.05) is 0 Å². The second kappa shape index (κ2) is 8.27. The first-order valence-electron chi connectivity index (χ1n) is 7.26. The molecule has 0 nitrogen and oxygen atoms in total. The number of benzene rings is 2. The molecule has 0 saturated carbocycles. The minimum atomic E-state index is -6.00. The fraction of sp³-hybridized carbons (Fsp3) is 0.0556. The molecule has 3 rings (SSSR count). The number of hydrogen-bond acceptors (Lipinski definition) is 0. The Morgan fingerprint density at radius 2 is 1.00 bits per heavy atom. The SMILES string of the molecule is Cc1cc(-c2ccccc2)[se+]c(-c2ccccc2)c1.F[B-](F)(F)F. The maximum Gasteiger partial charge on any atom is 0.673 e. The summed E-state index contributed by atoms with van der Waals surface area (Å²) in [6.07, 6.45) is 0. The standard InChI is InChI=1S/C18H15Se.BF4/c1-14-12-17(15-8-4-2-5-9-15)19-18(13-14)16-10-6-3-7-11-16;2-1(3,4)5/h2-13H,1H3;/q+1;-1. The van der Waals surface area contributed by atoms with Crippen molar-refractivity contribution in [1.29, 1.82) is 0 Å². The van der Waals surface area contributed by atoms with Gasteiger partial charge >= 0.3 is 127 Å². The molecule has 0 aliphatic heterocycles. The largest absolute Gasteiger partial charge is 0.673 e. The summed E-state index contributed by atoms with van der Waals surface area (Å²) < 4.78 is 41.9. The third kappa shape index (κ3) is 6.30. The zero-order valence-electron chi connectivity index (χ0n) is 12.9. The predicted molar refractivity (Wildman–Crippen MR) is 93.6 cm³/mol. The van der Waals surface area contributed by atoms with Crippen molar-refractivity contribution >= 4 is 21.8 Å². The Labute approximate surface area is 144 Å². The summed E-state index contributed by atoms with van der Waals surface area (Å²) >= 11 is 0.377. The molecule has 0 fully saturated rings. The van der Waals surface area contributed by atoms with E-state index < -0.39 is 7.25 Å². The van der Waals surface area contributed by atoms with Crippen molar-refractivity contribution in [1.82, 2.24) is 0 Å². The molecule has 0 aliphatic rings. The van der Waals surface area contributed by atoms with Crippen LogP contribution in [0.2, 0.25) is 0 Å². The van der Waals surface area contributed by atoms with Crippen LogP contribution in [-0.2, 0) is 0 Å². The molecule has 0 atom stereocenters. The molecule has 0 radical (unpaired) electrons. The van der Waals surface area contributed by atoms with Gasteiger partial charge in [0.1, 0.15) is 0 Å². The van der Waals surface area contributed by atoms with E-state index in [1.807, 2.05) is 0 Å². The van der Waals surface area contributed by atoms with Gasteiger partial charge in [-0.1, -0.05) is 0 Å². The first kappa shape index (κ1) is 18.4. The topological polar surface area (TPSA) is 0 Å². The minimum Gasteiger partial charge on any atom is -0.418 e. The summed E-state index contributed by atoms with van der Waals surface area (Å²) in [5, 5.41) is 0. The van der Waals surface area contributed by atoms with Crippen molar-refractivity contribution in [2.24, 2.45) is 0 Å². The molecule has 2 aromatic carbocycles. The Morgan fingerprint density at radius 1 is 0.667 bits per heavy atom. The third-order valence-electron chi connectivity index (χ3n) is 3.05. The molecular weight excluding hydrogens is 382 g/mol. The van der Waals surface area contributed by atoms with Crippen molar-refractivity contribution in [2.45, 2.75) is 6.92 Å². The second-order valence-corrected chi connectivity index (χ2v) is 7.36. The zero-order valence-corrected chi connectivity index (χ0v) is 14.6. The van der Waals surface area contributed by atoms with Crippen LogP contribution in [0.4, 0.5) is 17.3 Å². The van der Waals surface area contributed by atoms with Gasteiger partial charge in [0.15, 0.2) is 0 Å². The van der Waals surface area contributed by atoms with Crippen LogP contribution < -0.4 is 0 Å². The van der Waals surface area contributed by atoms with Crippen LogP contribution in [0.1, 0.15) is 5.56 Å². The molecule has 0 unspecified atom stereocenters. The fourth-order valence-electron chi connectivity index (χ4n) is 2.12. The maximum absolute atomic E-state index is 9.75. The molecule has 124 valence electrons. The number of hydrogen-bond donors (Lipinski definition) is 0. The van der Waals surface area contributed by atoms with E-state index >= 15 is 0 Å². The summed E-state index contributed by atoms with van der Waals surface area (Å²) in [5.74, 6) is 0. The van der Waals surface area contributed by atoms with E-state index in [9.17, 15) is 17.3 Å². The van der Waals surface area contributed by atoms with Crippen LogP contribution in [0, 0.1) is 6.92 Å². The van der Waals surface area contributed by atoms with E-state index in [0.29, 0.717) is 14.5 Å². The smallest absolute Gasteiger partial charge is 0.418 e. The number of aryl methyl sites for hydroxylation is 1. The van der Waals surface area contributed by atoms with Crippen molar-refractivity contribution in [3.05, 3.63) is 78.4 Å². The van der Waals surface area contributed by atoms with Gasteiger partial charge in [0.25, 0.3) is 0 Å². The van der Waals surface area contributed by atoms with Gasteiger partial charge in [-0.3, -0.25) is 0 Å². The molecule has 0 aliphatic carbocycles. The molecule has 0 saturated heterocycles. The average Bonchev–Trinajstić information content (AvgIpc) is 2.54. The molecule has 24 heavy (non-hydrogen) atoms. The predicted octanol–water partition coefficient (Wildman–Crippen LogP) is 5.97. The molecule has 0 N–H and O–H groups in total. The van der Waals surface area contributed by atoms with Gasteiger partial charge in [0.2, 0.25) is 0 Å². The van der Waals surface area contributed by atoms with Gasteiger partial charge in [0.05, 0.1) is 0 Å². The maximum atomic E-state index is 9.75. The van der Waals surface area contributed by atoms with Crippen LogP contribution in [0.25, 0.3) is 20.0 Å². The normalized spacial score (nSPS) is 10.7. The third-order valence-corrected chi connectivity index (χ3v) is 5.46. The Balaban J connectivity index is 0.000000368. The summed E-state index contributed by atoms with van der Waals surface area (Å²) in [7, 11) is -6.00. The molecule has 0 amide bonds. The van der Waals surface area contributed by atoms with Crippen LogP contribution in [0.5, 0.6) is 0 Å². The molecule has 1 heterocycles. The average molecular weight is 397 g/mol.